The van der Waals surface area contributed by atoms with E-state index >= 15 is 0 Å². The Kier molecular flexibility index (Phi) is 8.06. The summed E-state index contributed by atoms with van der Waals surface area (Å²) in [4.78, 5) is 16.0. The predicted octanol–water partition coefficient (Wildman–Crippen LogP) is 1.42. The van der Waals surface area contributed by atoms with Gasteiger partial charge in [-0.1, -0.05) is 0 Å². The first-order chi connectivity index (χ1) is 8.15. The standard InChI is InChI=1S/C12H20N4O.2ClH/c1-9(13)6-12(17)14-7-10-8-16-5-3-2-4-11(16)15-10;;/h8-9H,2-7,13H2,1H3,(H,14,17);2*1H. The van der Waals surface area contributed by atoms with Gasteiger partial charge in [-0.05, 0) is 19.8 Å². The largest absolute Gasteiger partial charge is 0.350 e. The molecule has 1 atom stereocenters. The van der Waals surface area contributed by atoms with Gasteiger partial charge in [-0.3, -0.25) is 4.79 Å². The van der Waals surface area contributed by atoms with Crippen molar-refractivity contribution in [1.82, 2.24) is 14.9 Å². The summed E-state index contributed by atoms with van der Waals surface area (Å²) in [7, 11) is 0. The van der Waals surface area contributed by atoms with Gasteiger partial charge in [-0.15, -0.1) is 24.8 Å². The molecule has 0 bridgehead atoms. The fourth-order valence-corrected chi connectivity index (χ4v) is 2.11. The highest BCUT2D eigenvalue weighted by atomic mass is 35.5. The van der Waals surface area contributed by atoms with Crippen molar-refractivity contribution in [2.45, 2.75) is 51.7 Å². The van der Waals surface area contributed by atoms with Crippen LogP contribution >= 0.6 is 24.8 Å². The fourth-order valence-electron chi connectivity index (χ4n) is 2.11. The maximum Gasteiger partial charge on any atom is 0.221 e. The number of nitrogens with zero attached hydrogens (tertiary/aromatic N) is 2. The van der Waals surface area contributed by atoms with Crippen LogP contribution < -0.4 is 11.1 Å². The van der Waals surface area contributed by atoms with E-state index in [0.717, 1.165) is 24.5 Å². The summed E-state index contributed by atoms with van der Waals surface area (Å²) in [5.41, 5.74) is 6.51. The zero-order chi connectivity index (χ0) is 12.3. The summed E-state index contributed by atoms with van der Waals surface area (Å²) in [5.74, 6) is 1.14. The molecule has 1 aromatic rings. The lowest BCUT2D eigenvalue weighted by Crippen LogP contribution is -2.29. The van der Waals surface area contributed by atoms with Gasteiger partial charge in [0.2, 0.25) is 5.91 Å². The quantitative estimate of drug-likeness (QED) is 0.883. The first kappa shape index (κ1) is 18.2. The van der Waals surface area contributed by atoms with Crippen molar-refractivity contribution in [1.29, 1.82) is 0 Å². The van der Waals surface area contributed by atoms with Crippen LogP contribution in [0.4, 0.5) is 0 Å². The average Bonchev–Trinajstić information content (AvgIpc) is 2.68. The molecular weight excluding hydrogens is 287 g/mol. The van der Waals surface area contributed by atoms with Crippen molar-refractivity contribution in [3.8, 4) is 0 Å². The summed E-state index contributed by atoms with van der Waals surface area (Å²) in [6, 6.07) is -0.0924. The molecule has 5 nitrogen and oxygen atoms in total. The highest BCUT2D eigenvalue weighted by Gasteiger charge is 2.12. The van der Waals surface area contributed by atoms with Crippen LogP contribution in [-0.4, -0.2) is 21.5 Å². The number of halogens is 2. The van der Waals surface area contributed by atoms with Crippen molar-refractivity contribution in [2.75, 3.05) is 0 Å². The minimum absolute atomic E-state index is 0. The third kappa shape index (κ3) is 5.38. The molecule has 0 fully saturated rings. The van der Waals surface area contributed by atoms with E-state index in [1.807, 2.05) is 13.1 Å². The Labute approximate surface area is 126 Å². The van der Waals surface area contributed by atoms with Gasteiger partial charge in [-0.25, -0.2) is 4.98 Å². The summed E-state index contributed by atoms with van der Waals surface area (Å²) in [6.07, 6.45) is 5.90. The second-order valence-corrected chi connectivity index (χ2v) is 4.76. The summed E-state index contributed by atoms with van der Waals surface area (Å²) in [6.45, 7) is 3.39. The van der Waals surface area contributed by atoms with Crippen LogP contribution in [-0.2, 0) is 24.3 Å². The van der Waals surface area contributed by atoms with E-state index in [1.54, 1.807) is 0 Å². The van der Waals surface area contributed by atoms with Crippen molar-refractivity contribution in [3.05, 3.63) is 17.7 Å². The first-order valence-corrected chi connectivity index (χ1v) is 6.22. The van der Waals surface area contributed by atoms with E-state index in [2.05, 4.69) is 14.9 Å². The van der Waals surface area contributed by atoms with Gasteiger partial charge >= 0.3 is 0 Å². The third-order valence-electron chi connectivity index (χ3n) is 2.93. The van der Waals surface area contributed by atoms with Crippen molar-refractivity contribution >= 4 is 30.7 Å². The van der Waals surface area contributed by atoms with Crippen LogP contribution in [0.5, 0.6) is 0 Å². The predicted molar refractivity (Wildman–Crippen MR) is 79.8 cm³/mol. The monoisotopic (exact) mass is 308 g/mol. The molecule has 2 rings (SSSR count). The molecule has 7 heteroatoms. The summed E-state index contributed by atoms with van der Waals surface area (Å²) in [5, 5.41) is 2.84. The van der Waals surface area contributed by atoms with Gasteiger partial charge in [-0.2, -0.15) is 0 Å². The van der Waals surface area contributed by atoms with Crippen molar-refractivity contribution in [2.24, 2.45) is 5.73 Å². The molecular formula is C12H22Cl2N4O. The zero-order valence-electron chi connectivity index (χ0n) is 11.1. The topological polar surface area (TPSA) is 72.9 Å². The van der Waals surface area contributed by atoms with E-state index in [0.29, 0.717) is 13.0 Å². The number of aromatic nitrogens is 2. The van der Waals surface area contributed by atoms with Crippen LogP contribution in [0.15, 0.2) is 6.20 Å². The SMILES string of the molecule is CC(N)CC(=O)NCc1cn2c(n1)CCCC2.Cl.Cl. The number of fused-ring (bicyclic) bond motifs is 1. The number of hydrogen-bond acceptors (Lipinski definition) is 3. The van der Waals surface area contributed by atoms with Crippen LogP contribution in [0, 0.1) is 0 Å². The minimum Gasteiger partial charge on any atom is -0.350 e. The molecule has 0 spiro atoms. The molecule has 19 heavy (non-hydrogen) atoms. The van der Waals surface area contributed by atoms with Crippen LogP contribution in [0.3, 0.4) is 0 Å². The minimum atomic E-state index is -0.0924. The zero-order valence-corrected chi connectivity index (χ0v) is 12.7. The Morgan fingerprint density at radius 1 is 1.53 bits per heavy atom. The summed E-state index contributed by atoms with van der Waals surface area (Å²) < 4.78 is 2.19. The molecule has 2 heterocycles. The molecule has 3 N–H and O–H groups in total. The molecule has 1 unspecified atom stereocenters. The number of imidazole rings is 1. The number of rotatable bonds is 4. The highest BCUT2D eigenvalue weighted by Crippen LogP contribution is 2.14. The van der Waals surface area contributed by atoms with Gasteiger partial charge in [0.15, 0.2) is 0 Å². The Morgan fingerprint density at radius 3 is 2.89 bits per heavy atom. The average molecular weight is 309 g/mol. The van der Waals surface area contributed by atoms with Crippen LogP contribution in [0.2, 0.25) is 0 Å². The smallest absolute Gasteiger partial charge is 0.221 e. The van der Waals surface area contributed by atoms with Gasteiger partial charge in [0, 0.05) is 31.6 Å². The number of nitrogens with two attached hydrogens (primary N) is 1. The van der Waals surface area contributed by atoms with E-state index in [-0.39, 0.29) is 36.8 Å². The maximum absolute atomic E-state index is 11.4. The Morgan fingerprint density at radius 2 is 2.26 bits per heavy atom. The Hall–Kier alpha value is -0.780. The maximum atomic E-state index is 11.4. The molecule has 0 aromatic carbocycles. The van der Waals surface area contributed by atoms with Gasteiger partial charge in [0.25, 0.3) is 0 Å². The lowest BCUT2D eigenvalue weighted by molar-refractivity contribution is -0.121. The van der Waals surface area contributed by atoms with E-state index in [4.69, 9.17) is 5.73 Å². The second kappa shape index (κ2) is 8.40. The molecule has 1 aliphatic heterocycles. The first-order valence-electron chi connectivity index (χ1n) is 6.22. The van der Waals surface area contributed by atoms with Crippen molar-refractivity contribution < 1.29 is 4.79 Å². The fraction of sp³-hybridized carbons (Fsp3) is 0.667. The molecule has 0 radical (unpaired) electrons. The Balaban J connectivity index is 0.00000162. The Bertz CT molecular complexity index is 383. The number of nitrogens with one attached hydrogen (secondary N) is 1. The van der Waals surface area contributed by atoms with Gasteiger partial charge < -0.3 is 15.6 Å². The van der Waals surface area contributed by atoms with Crippen LogP contribution in [0.1, 0.15) is 37.7 Å². The molecule has 0 aliphatic carbocycles. The summed E-state index contributed by atoms with van der Waals surface area (Å²) >= 11 is 0. The molecule has 1 aliphatic rings. The van der Waals surface area contributed by atoms with E-state index in [1.165, 1.54) is 12.8 Å². The molecule has 110 valence electrons. The van der Waals surface area contributed by atoms with Crippen LogP contribution in [0.25, 0.3) is 0 Å². The van der Waals surface area contributed by atoms with Crippen molar-refractivity contribution in [3.63, 3.8) is 0 Å². The number of carbonyl (C=O) groups excluding carboxylic acids is 1. The van der Waals surface area contributed by atoms with E-state index < -0.39 is 0 Å². The molecule has 1 amide bonds. The molecule has 0 saturated carbocycles. The lowest BCUT2D eigenvalue weighted by Gasteiger charge is -2.11. The normalized spacial score (nSPS) is 14.6. The third-order valence-corrected chi connectivity index (χ3v) is 2.93. The number of carbonyl (C=O) groups is 1. The number of hydrogen-bond donors (Lipinski definition) is 2. The van der Waals surface area contributed by atoms with Gasteiger partial charge in [0.05, 0.1) is 12.2 Å². The highest BCUT2D eigenvalue weighted by molar-refractivity contribution is 5.85. The number of amides is 1. The molecule has 1 aromatic heterocycles. The number of aryl methyl sites for hydroxylation is 2. The second-order valence-electron chi connectivity index (χ2n) is 4.76. The molecule has 0 saturated heterocycles. The van der Waals surface area contributed by atoms with E-state index in [9.17, 15) is 4.79 Å². The van der Waals surface area contributed by atoms with Gasteiger partial charge in [0.1, 0.15) is 5.82 Å². The lowest BCUT2D eigenvalue weighted by atomic mass is 10.2.